The molecule has 0 unspecified atom stereocenters. The van der Waals surface area contributed by atoms with Crippen molar-refractivity contribution in [1.82, 2.24) is 0 Å². The zero-order valence-electron chi connectivity index (χ0n) is 9.89. The lowest BCUT2D eigenvalue weighted by atomic mass is 9.89. The van der Waals surface area contributed by atoms with Crippen molar-refractivity contribution >= 4 is 106 Å². The van der Waals surface area contributed by atoms with Gasteiger partial charge in [0, 0.05) is 18.6 Å². The molecule has 0 N–H and O–H groups in total. The summed E-state index contributed by atoms with van der Waals surface area (Å²) in [6.07, 6.45) is 0. The van der Waals surface area contributed by atoms with Crippen molar-refractivity contribution in [2.24, 2.45) is 0 Å². The first-order chi connectivity index (χ1) is 9.45. The molecule has 4 atom stereocenters. The van der Waals surface area contributed by atoms with Gasteiger partial charge in [-0.15, -0.1) is 0 Å². The molecule has 0 heterocycles. The Morgan fingerprint density at radius 2 is 1.00 bits per heavy atom. The van der Waals surface area contributed by atoms with Crippen LogP contribution in [0.3, 0.4) is 0 Å². The van der Waals surface area contributed by atoms with Crippen LogP contribution in [0.15, 0.2) is 33.2 Å². The molecule has 0 radical (unpaired) electrons. The van der Waals surface area contributed by atoms with Crippen LogP contribution in [0.2, 0.25) is 0 Å². The number of rotatable bonds is 0. The van der Waals surface area contributed by atoms with Crippen molar-refractivity contribution in [3.63, 3.8) is 0 Å². The van der Waals surface area contributed by atoms with Crippen molar-refractivity contribution in [3.05, 3.63) is 44.3 Å². The maximum absolute atomic E-state index is 3.84. The van der Waals surface area contributed by atoms with Crippen LogP contribution in [0, 0.1) is 0 Å². The predicted octanol–water partition coefficient (Wildman–Crippen LogP) is 7.78. The Morgan fingerprint density at radius 3 is 1.35 bits per heavy atom. The highest BCUT2D eigenvalue weighted by Crippen LogP contribution is 2.56. The van der Waals surface area contributed by atoms with E-state index in [1.54, 1.807) is 0 Å². The van der Waals surface area contributed by atoms with Crippen molar-refractivity contribution in [1.29, 1.82) is 0 Å². The van der Waals surface area contributed by atoms with Crippen LogP contribution in [-0.4, -0.2) is 9.65 Å². The van der Waals surface area contributed by atoms with E-state index < -0.39 is 0 Å². The predicted molar refractivity (Wildman–Crippen MR) is 108 cm³/mol. The van der Waals surface area contributed by atoms with E-state index in [0.29, 0.717) is 9.65 Å². The van der Waals surface area contributed by atoms with E-state index >= 15 is 0 Å². The SMILES string of the molecule is Brc1c2c(c(Br)c3ccccc13)[C@H](Br)[C@H](Br)[C@@H](Br)[C@@H]2Br. The summed E-state index contributed by atoms with van der Waals surface area (Å²) >= 11 is 22.9. The molecule has 0 spiro atoms. The van der Waals surface area contributed by atoms with Crippen molar-refractivity contribution in [2.75, 3.05) is 0 Å². The highest BCUT2D eigenvalue weighted by molar-refractivity contribution is 9.14. The lowest BCUT2D eigenvalue weighted by Crippen LogP contribution is -2.30. The number of hydrogen-bond acceptors (Lipinski definition) is 0. The minimum Gasteiger partial charge on any atom is -0.0862 e. The van der Waals surface area contributed by atoms with E-state index in [0.717, 1.165) is 0 Å². The first-order valence-corrected chi connectivity index (χ1v) is 11.2. The molecule has 0 amide bonds. The Bertz CT molecular complexity index is 624. The summed E-state index contributed by atoms with van der Waals surface area (Å²) in [5, 5.41) is 2.46. The van der Waals surface area contributed by atoms with Gasteiger partial charge >= 0.3 is 0 Å². The molecule has 20 heavy (non-hydrogen) atoms. The van der Waals surface area contributed by atoms with Gasteiger partial charge in [0.15, 0.2) is 0 Å². The van der Waals surface area contributed by atoms with Gasteiger partial charge in [-0.05, 0) is 53.8 Å². The largest absolute Gasteiger partial charge is 0.0862 e. The second-order valence-electron chi connectivity index (χ2n) is 4.69. The summed E-state index contributed by atoms with van der Waals surface area (Å²) in [5.41, 5.74) is 2.60. The lowest BCUT2D eigenvalue weighted by Gasteiger charge is -2.36. The van der Waals surface area contributed by atoms with Crippen LogP contribution in [-0.2, 0) is 0 Å². The van der Waals surface area contributed by atoms with Gasteiger partial charge in [0.1, 0.15) is 0 Å². The Labute approximate surface area is 168 Å². The summed E-state index contributed by atoms with van der Waals surface area (Å²) in [7, 11) is 0. The third-order valence-electron chi connectivity index (χ3n) is 3.58. The summed E-state index contributed by atoms with van der Waals surface area (Å²) in [6.45, 7) is 0. The topological polar surface area (TPSA) is 0 Å². The van der Waals surface area contributed by atoms with Gasteiger partial charge in [-0.1, -0.05) is 88.0 Å². The third-order valence-corrected chi connectivity index (χ3v) is 11.7. The number of fused-ring (bicyclic) bond motifs is 2. The molecule has 3 rings (SSSR count). The zero-order chi connectivity index (χ0) is 14.6. The fraction of sp³-hybridized carbons (Fsp3) is 0.286. The average molecular weight is 656 g/mol. The summed E-state index contributed by atoms with van der Waals surface area (Å²) in [6, 6.07) is 8.44. The zero-order valence-corrected chi connectivity index (χ0v) is 19.4. The van der Waals surface area contributed by atoms with Gasteiger partial charge in [-0.25, -0.2) is 0 Å². The minimum atomic E-state index is 0.242. The van der Waals surface area contributed by atoms with E-state index in [9.17, 15) is 0 Å². The molecule has 106 valence electrons. The Morgan fingerprint density at radius 1 is 0.650 bits per heavy atom. The van der Waals surface area contributed by atoms with Crippen molar-refractivity contribution < 1.29 is 0 Å². The number of alkyl halides is 4. The first-order valence-electron chi connectivity index (χ1n) is 5.91. The smallest absolute Gasteiger partial charge is 0.0546 e. The molecule has 0 nitrogen and oxygen atoms in total. The first kappa shape index (κ1) is 16.4. The molecule has 1 aliphatic carbocycles. The molecular formula is C14H8Br6. The van der Waals surface area contributed by atoms with Gasteiger partial charge in [-0.2, -0.15) is 0 Å². The number of hydrogen-bond donors (Lipinski definition) is 0. The molecule has 0 saturated heterocycles. The summed E-state index contributed by atoms with van der Waals surface area (Å²) in [5.74, 6) is 0. The molecule has 6 heteroatoms. The summed E-state index contributed by atoms with van der Waals surface area (Å²) in [4.78, 5) is 1.10. The second kappa shape index (κ2) is 6.23. The third kappa shape index (κ3) is 2.44. The highest BCUT2D eigenvalue weighted by atomic mass is 79.9. The average Bonchev–Trinajstić information content (AvgIpc) is 2.46. The number of halogens is 6. The molecule has 0 bridgehead atoms. The van der Waals surface area contributed by atoms with Crippen LogP contribution in [0.5, 0.6) is 0 Å². The molecule has 0 fully saturated rings. The molecule has 0 aromatic heterocycles. The monoisotopic (exact) mass is 650 g/mol. The van der Waals surface area contributed by atoms with Crippen LogP contribution in [0.25, 0.3) is 10.8 Å². The maximum atomic E-state index is 3.84. The second-order valence-corrected chi connectivity index (χ2v) is 10.4. The van der Waals surface area contributed by atoms with Gasteiger partial charge in [-0.3, -0.25) is 0 Å². The van der Waals surface area contributed by atoms with Crippen LogP contribution < -0.4 is 0 Å². The van der Waals surface area contributed by atoms with Crippen molar-refractivity contribution in [3.8, 4) is 0 Å². The molecule has 0 aliphatic heterocycles. The van der Waals surface area contributed by atoms with Crippen LogP contribution in [0.1, 0.15) is 20.8 Å². The lowest BCUT2D eigenvalue weighted by molar-refractivity contribution is 0.725. The fourth-order valence-corrected chi connectivity index (χ4v) is 8.37. The Balaban J connectivity index is 2.43. The van der Waals surface area contributed by atoms with E-state index in [-0.39, 0.29) is 9.65 Å². The van der Waals surface area contributed by atoms with Gasteiger partial charge in [0.05, 0.1) is 9.65 Å². The van der Waals surface area contributed by atoms with E-state index in [4.69, 9.17) is 0 Å². The highest BCUT2D eigenvalue weighted by Gasteiger charge is 2.41. The maximum Gasteiger partial charge on any atom is 0.0546 e. The number of benzene rings is 2. The molecule has 1 aliphatic rings. The fourth-order valence-electron chi connectivity index (χ4n) is 2.57. The Hall–Kier alpha value is 1.58. The molecule has 2 aromatic rings. The molecular weight excluding hydrogens is 648 g/mol. The van der Waals surface area contributed by atoms with Crippen LogP contribution in [0.4, 0.5) is 0 Å². The van der Waals surface area contributed by atoms with Gasteiger partial charge in [0.2, 0.25) is 0 Å². The minimum absolute atomic E-state index is 0.242. The van der Waals surface area contributed by atoms with E-state index in [2.05, 4.69) is 120 Å². The quantitative estimate of drug-likeness (QED) is 0.255. The summed E-state index contributed by atoms with van der Waals surface area (Å²) < 4.78 is 2.34. The Kier molecular flexibility index (Phi) is 5.12. The normalized spacial score (nSPS) is 29.5. The molecule has 0 saturated carbocycles. The van der Waals surface area contributed by atoms with Crippen LogP contribution >= 0.6 is 95.6 Å². The standard InChI is InChI=1S/C14H8Br6/c15-9-5-3-1-2-4-6(5)10(16)8-7(9)11(17)13(19)14(20)12(8)18/h1-4,11-14H/t11-,12+,13-,14-/m0/s1. The van der Waals surface area contributed by atoms with E-state index in [1.807, 2.05) is 0 Å². The van der Waals surface area contributed by atoms with Gasteiger partial charge in [0.25, 0.3) is 0 Å². The molecule has 2 aromatic carbocycles. The van der Waals surface area contributed by atoms with Crippen molar-refractivity contribution in [2.45, 2.75) is 19.3 Å². The van der Waals surface area contributed by atoms with Gasteiger partial charge < -0.3 is 0 Å². The van der Waals surface area contributed by atoms with E-state index in [1.165, 1.54) is 30.8 Å².